The lowest BCUT2D eigenvalue weighted by atomic mass is 10.0. The molecule has 0 aromatic carbocycles. The molecule has 0 spiro atoms. The monoisotopic (exact) mass is 372 g/mol. The molecule has 0 aliphatic carbocycles. The minimum atomic E-state index is -0.592. The highest BCUT2D eigenvalue weighted by molar-refractivity contribution is 6.33. The van der Waals surface area contributed by atoms with E-state index in [1.165, 1.54) is 12.3 Å². The van der Waals surface area contributed by atoms with Crippen LogP contribution in [0.5, 0.6) is 0 Å². The van der Waals surface area contributed by atoms with Gasteiger partial charge in [0.1, 0.15) is 11.9 Å². The Kier molecular flexibility index (Phi) is 5.13. The summed E-state index contributed by atoms with van der Waals surface area (Å²) in [7, 11) is 0. The molecule has 8 nitrogen and oxygen atoms in total. The molecule has 0 aliphatic heterocycles. The zero-order valence-electron chi connectivity index (χ0n) is 14.2. The van der Waals surface area contributed by atoms with Crippen molar-refractivity contribution in [1.82, 2.24) is 20.1 Å². The average molecular weight is 373 g/mol. The van der Waals surface area contributed by atoms with Gasteiger partial charge in [0.25, 0.3) is 0 Å². The standard InChI is InChI=1S/C17H17ClN6O2/c1-9(2)13(22-16-12(18)7-11(8-21-16)14(19)25)17-23-15(24-26-17)10-3-5-20-6-4-10/h3-9,13H,1-2H3,(H2,19,25)(H,21,22). The summed E-state index contributed by atoms with van der Waals surface area (Å²) in [6, 6.07) is 4.75. The minimum Gasteiger partial charge on any atom is -0.366 e. The van der Waals surface area contributed by atoms with Gasteiger partial charge < -0.3 is 15.6 Å². The number of carbonyl (C=O) groups is 1. The number of rotatable bonds is 6. The molecule has 0 aliphatic rings. The lowest BCUT2D eigenvalue weighted by Crippen LogP contribution is -2.19. The lowest BCUT2D eigenvalue weighted by Gasteiger charge is -2.19. The molecule has 3 rings (SSSR count). The van der Waals surface area contributed by atoms with Gasteiger partial charge in [-0.05, 0) is 24.1 Å². The molecule has 0 saturated carbocycles. The summed E-state index contributed by atoms with van der Waals surface area (Å²) >= 11 is 6.20. The fourth-order valence-electron chi connectivity index (χ4n) is 2.32. The second-order valence-electron chi connectivity index (χ2n) is 5.98. The van der Waals surface area contributed by atoms with Crippen LogP contribution in [0.1, 0.15) is 36.1 Å². The van der Waals surface area contributed by atoms with Crippen LogP contribution in [0.2, 0.25) is 5.02 Å². The highest BCUT2D eigenvalue weighted by Crippen LogP contribution is 2.29. The molecule has 1 atom stereocenters. The first-order chi connectivity index (χ1) is 12.5. The van der Waals surface area contributed by atoms with Crippen LogP contribution in [0.4, 0.5) is 5.82 Å². The molecule has 3 N–H and O–H groups in total. The average Bonchev–Trinajstić information content (AvgIpc) is 3.10. The van der Waals surface area contributed by atoms with E-state index in [4.69, 9.17) is 21.9 Å². The Balaban J connectivity index is 1.87. The quantitative estimate of drug-likeness (QED) is 0.682. The SMILES string of the molecule is CC(C)C(Nc1ncc(C(N)=O)cc1Cl)c1nc(-c2ccncc2)no1. The summed E-state index contributed by atoms with van der Waals surface area (Å²) < 4.78 is 5.43. The molecule has 0 saturated heterocycles. The van der Waals surface area contributed by atoms with Gasteiger partial charge in [0, 0.05) is 24.2 Å². The smallest absolute Gasteiger partial charge is 0.250 e. The van der Waals surface area contributed by atoms with Crippen molar-refractivity contribution in [3.8, 4) is 11.4 Å². The van der Waals surface area contributed by atoms with Crippen molar-refractivity contribution in [2.24, 2.45) is 11.7 Å². The van der Waals surface area contributed by atoms with Gasteiger partial charge in [0.15, 0.2) is 0 Å². The van der Waals surface area contributed by atoms with Gasteiger partial charge in [0.05, 0.1) is 10.6 Å². The van der Waals surface area contributed by atoms with Crippen LogP contribution in [-0.2, 0) is 0 Å². The molecule has 0 bridgehead atoms. The number of nitrogens with one attached hydrogen (secondary N) is 1. The number of aromatic nitrogens is 4. The Morgan fingerprint density at radius 1 is 1.31 bits per heavy atom. The summed E-state index contributed by atoms with van der Waals surface area (Å²) in [6.07, 6.45) is 4.69. The largest absolute Gasteiger partial charge is 0.366 e. The Morgan fingerprint density at radius 3 is 2.65 bits per heavy atom. The Labute approximate surface area is 154 Å². The van der Waals surface area contributed by atoms with Crippen LogP contribution in [0.15, 0.2) is 41.3 Å². The summed E-state index contributed by atoms with van der Waals surface area (Å²) in [5.74, 6) is 0.792. The fraction of sp³-hybridized carbons (Fsp3) is 0.235. The first-order valence-corrected chi connectivity index (χ1v) is 8.29. The van der Waals surface area contributed by atoms with Crippen molar-refractivity contribution in [3.63, 3.8) is 0 Å². The number of anilines is 1. The summed E-state index contributed by atoms with van der Waals surface area (Å²) in [5, 5.41) is 7.49. The maximum atomic E-state index is 11.2. The van der Waals surface area contributed by atoms with Crippen LogP contribution in [0.25, 0.3) is 11.4 Å². The van der Waals surface area contributed by atoms with E-state index in [1.807, 2.05) is 13.8 Å². The molecule has 0 fully saturated rings. The van der Waals surface area contributed by atoms with E-state index >= 15 is 0 Å². The van der Waals surface area contributed by atoms with Gasteiger partial charge in [-0.15, -0.1) is 0 Å². The van der Waals surface area contributed by atoms with E-state index in [2.05, 4.69) is 25.4 Å². The predicted octanol–water partition coefficient (Wildman–Crippen LogP) is 3.09. The Hall–Kier alpha value is -3.00. The maximum absolute atomic E-state index is 11.2. The zero-order valence-corrected chi connectivity index (χ0v) is 14.9. The van der Waals surface area contributed by atoms with Gasteiger partial charge in [0.2, 0.25) is 17.6 Å². The third kappa shape index (κ3) is 3.80. The second kappa shape index (κ2) is 7.49. The number of hydrogen-bond acceptors (Lipinski definition) is 7. The van der Waals surface area contributed by atoms with E-state index in [-0.39, 0.29) is 22.5 Å². The van der Waals surface area contributed by atoms with Crippen molar-refractivity contribution in [2.45, 2.75) is 19.9 Å². The molecule has 1 amide bonds. The third-order valence-corrected chi connectivity index (χ3v) is 4.02. The van der Waals surface area contributed by atoms with Crippen molar-refractivity contribution in [3.05, 3.63) is 53.3 Å². The number of carbonyl (C=O) groups excluding carboxylic acids is 1. The van der Waals surface area contributed by atoms with E-state index in [1.54, 1.807) is 24.5 Å². The molecule has 3 aromatic rings. The van der Waals surface area contributed by atoms with Gasteiger partial charge >= 0.3 is 0 Å². The molecular formula is C17H17ClN6O2. The number of amides is 1. The van der Waals surface area contributed by atoms with Crippen LogP contribution < -0.4 is 11.1 Å². The second-order valence-corrected chi connectivity index (χ2v) is 6.38. The molecular weight excluding hydrogens is 356 g/mol. The van der Waals surface area contributed by atoms with E-state index in [9.17, 15) is 4.79 Å². The lowest BCUT2D eigenvalue weighted by molar-refractivity contribution is 0.1000. The maximum Gasteiger partial charge on any atom is 0.250 e. The Bertz CT molecular complexity index is 913. The molecule has 3 heterocycles. The molecule has 0 radical (unpaired) electrons. The van der Waals surface area contributed by atoms with Crippen LogP contribution in [-0.4, -0.2) is 26.0 Å². The first kappa shape index (κ1) is 17.8. The van der Waals surface area contributed by atoms with E-state index in [0.717, 1.165) is 5.56 Å². The fourth-order valence-corrected chi connectivity index (χ4v) is 2.54. The van der Waals surface area contributed by atoms with Gasteiger partial charge in [-0.3, -0.25) is 9.78 Å². The number of nitrogens with zero attached hydrogens (tertiary/aromatic N) is 4. The van der Waals surface area contributed by atoms with E-state index in [0.29, 0.717) is 17.5 Å². The van der Waals surface area contributed by atoms with E-state index < -0.39 is 5.91 Å². The number of primary amides is 1. The molecule has 134 valence electrons. The molecule has 9 heteroatoms. The van der Waals surface area contributed by atoms with Crippen LogP contribution in [0.3, 0.4) is 0 Å². The summed E-state index contributed by atoms with van der Waals surface area (Å²) in [5.41, 5.74) is 6.28. The van der Waals surface area contributed by atoms with Crippen molar-refractivity contribution in [2.75, 3.05) is 5.32 Å². The van der Waals surface area contributed by atoms with Gasteiger partial charge in [-0.25, -0.2) is 4.98 Å². The molecule has 1 unspecified atom stereocenters. The zero-order chi connectivity index (χ0) is 18.7. The predicted molar refractivity (Wildman–Crippen MR) is 96.5 cm³/mol. The normalized spacial score (nSPS) is 12.2. The van der Waals surface area contributed by atoms with Crippen molar-refractivity contribution in [1.29, 1.82) is 0 Å². The molecule has 26 heavy (non-hydrogen) atoms. The summed E-state index contributed by atoms with van der Waals surface area (Å²) in [4.78, 5) is 23.8. The Morgan fingerprint density at radius 2 is 2.04 bits per heavy atom. The van der Waals surface area contributed by atoms with Crippen LogP contribution in [0, 0.1) is 5.92 Å². The highest BCUT2D eigenvalue weighted by atomic mass is 35.5. The molecule has 3 aromatic heterocycles. The number of nitrogens with two attached hydrogens (primary N) is 1. The van der Waals surface area contributed by atoms with Gasteiger partial charge in [-0.1, -0.05) is 30.6 Å². The summed E-state index contributed by atoms with van der Waals surface area (Å²) in [6.45, 7) is 4.00. The first-order valence-electron chi connectivity index (χ1n) is 7.91. The van der Waals surface area contributed by atoms with Crippen molar-refractivity contribution < 1.29 is 9.32 Å². The van der Waals surface area contributed by atoms with Gasteiger partial charge in [-0.2, -0.15) is 4.98 Å². The highest BCUT2D eigenvalue weighted by Gasteiger charge is 2.24. The number of halogens is 1. The topological polar surface area (TPSA) is 120 Å². The third-order valence-electron chi connectivity index (χ3n) is 3.73. The number of pyridine rings is 2. The van der Waals surface area contributed by atoms with Crippen molar-refractivity contribution >= 4 is 23.3 Å². The number of hydrogen-bond donors (Lipinski definition) is 2. The van der Waals surface area contributed by atoms with Crippen LogP contribution >= 0.6 is 11.6 Å². The minimum absolute atomic E-state index is 0.106.